The van der Waals surface area contributed by atoms with Crippen LogP contribution in [0.5, 0.6) is 0 Å². The Bertz CT molecular complexity index is 2510. The lowest BCUT2D eigenvalue weighted by Crippen LogP contribution is -2.53. The molecule has 63 heavy (non-hydrogen) atoms. The second-order valence-electron chi connectivity index (χ2n) is 17.5. The molecule has 2 aromatic rings. The molecule has 1 aliphatic carbocycles. The van der Waals surface area contributed by atoms with Crippen LogP contribution in [-0.2, 0) is 40.7 Å². The van der Waals surface area contributed by atoms with Crippen LogP contribution in [0.2, 0.25) is 0 Å². The lowest BCUT2D eigenvalue weighted by atomic mass is 9.70. The fraction of sp³-hybridized carbons (Fsp3) is 0.489. The van der Waals surface area contributed by atoms with Crippen molar-refractivity contribution in [3.05, 3.63) is 101 Å². The topological polar surface area (TPSA) is 186 Å². The molecule has 0 radical (unpaired) electrons. The lowest BCUT2D eigenvalue weighted by molar-refractivity contribution is -0.438. The molecule has 0 aromatic heterocycles. The van der Waals surface area contributed by atoms with E-state index in [2.05, 4.69) is 76.5 Å². The van der Waals surface area contributed by atoms with E-state index in [0.717, 1.165) is 42.8 Å². The Labute approximate surface area is 378 Å². The lowest BCUT2D eigenvalue weighted by Gasteiger charge is -2.35. The Kier molecular flexibility index (Phi) is 16.1. The molecule has 0 spiro atoms. The van der Waals surface area contributed by atoms with Gasteiger partial charge < -0.3 is 15.5 Å². The number of allylic oxidation sites excluding steroid dienone is 8. The van der Waals surface area contributed by atoms with Crippen LogP contribution < -0.4 is 15.5 Å². The first-order valence-corrected chi connectivity index (χ1v) is 25.2. The van der Waals surface area contributed by atoms with Crippen LogP contribution in [0, 0.1) is 5.41 Å². The molecule has 0 saturated heterocycles. The summed E-state index contributed by atoms with van der Waals surface area (Å²) in [6, 6.07) is 12.8. The van der Waals surface area contributed by atoms with Gasteiger partial charge in [-0.05, 0) is 112 Å². The number of unbranched alkanes of at least 4 members (excludes halogenated alkanes) is 3. The highest BCUT2D eigenvalue weighted by atomic mass is 32.2. The average Bonchev–Trinajstić information content (AvgIpc) is 3.57. The molecule has 1 unspecified atom stereocenters. The van der Waals surface area contributed by atoms with E-state index in [4.69, 9.17) is 12.2 Å². The smallest absolute Gasteiger partial charge is 0.294 e. The molecule has 1 atom stereocenters. The molecule has 2 aliphatic heterocycles. The maximum absolute atomic E-state index is 14.5. The molecule has 5 rings (SSSR count). The Hall–Kier alpha value is -4.57. The standard InChI is InChI=1S/C47H61N5O8S3/c1-7-9-12-26-51-39-17-11-10-16-37(39)45(3,4)41(51)22-18-34-29-35(32-47(31-34,43(53)49-8-2)44(54)50-25-15-24-48-33-61)19-23-42-46(5,6)38-30-36(63(58,59)60)20-21-40(38)52(42)27-13-14-28-62(55,56)57/h10-11,16-23,29-30H,7-9,12-15,24-28,31-32H2,1-6H3,(H3-,49,50,53,54,55,56,57,58,59,60)/p+1. The SMILES string of the molecule is CCCCC[N+]1=C(/C=C/C2=CC(=C/C=C3/N(CCCCS(=O)(=O)O)c4ccc(S(=O)(=O)O)cc4C3(C)C)/CC(C(=O)NCC)(C(=O)NCCCN=C=S)C2)C(C)(C)c2ccccc21. The third-order valence-electron chi connectivity index (χ3n) is 12.3. The molecule has 4 N–H and O–H groups in total. The third-order valence-corrected chi connectivity index (χ3v) is 14.1. The number of aliphatic imine (C=N–C) groups is 1. The van der Waals surface area contributed by atoms with Crippen molar-refractivity contribution >= 4 is 66.5 Å². The summed E-state index contributed by atoms with van der Waals surface area (Å²) in [5, 5.41) is 8.30. The zero-order valence-corrected chi connectivity index (χ0v) is 39.7. The molecule has 2 aromatic carbocycles. The predicted molar refractivity (Wildman–Crippen MR) is 252 cm³/mol. The van der Waals surface area contributed by atoms with Gasteiger partial charge in [0.25, 0.3) is 20.2 Å². The van der Waals surface area contributed by atoms with Gasteiger partial charge in [-0.15, -0.1) is 0 Å². The first kappa shape index (κ1) is 49.4. The number of isothiocyanates is 1. The summed E-state index contributed by atoms with van der Waals surface area (Å²) in [4.78, 5) is 34.5. The number of hydrogen-bond acceptors (Lipinski definition) is 9. The van der Waals surface area contributed by atoms with Gasteiger partial charge in [0.05, 0.1) is 27.8 Å². The highest BCUT2D eigenvalue weighted by molar-refractivity contribution is 7.86. The number of benzene rings is 2. The number of nitrogens with one attached hydrogen (secondary N) is 2. The van der Waals surface area contributed by atoms with Gasteiger partial charge in [0, 0.05) is 60.6 Å². The van der Waals surface area contributed by atoms with Gasteiger partial charge in [-0.2, -0.15) is 21.4 Å². The van der Waals surface area contributed by atoms with Crippen LogP contribution in [0.3, 0.4) is 0 Å². The first-order chi connectivity index (χ1) is 29.7. The predicted octanol–water partition coefficient (Wildman–Crippen LogP) is 7.78. The van der Waals surface area contributed by atoms with E-state index in [1.807, 2.05) is 50.0 Å². The fourth-order valence-corrected chi connectivity index (χ4v) is 10.2. The maximum atomic E-state index is 14.5. The van der Waals surface area contributed by atoms with E-state index >= 15 is 0 Å². The van der Waals surface area contributed by atoms with E-state index in [1.54, 1.807) is 6.07 Å². The number of hydrogen-bond donors (Lipinski definition) is 4. The summed E-state index contributed by atoms with van der Waals surface area (Å²) >= 11 is 4.71. The van der Waals surface area contributed by atoms with Crippen molar-refractivity contribution in [3.8, 4) is 0 Å². The highest BCUT2D eigenvalue weighted by Crippen LogP contribution is 2.49. The number of fused-ring (bicyclic) bond motifs is 2. The summed E-state index contributed by atoms with van der Waals surface area (Å²) in [5.74, 6) is -1.22. The van der Waals surface area contributed by atoms with Gasteiger partial charge in [0.2, 0.25) is 17.5 Å². The van der Waals surface area contributed by atoms with Crippen molar-refractivity contribution in [2.75, 3.05) is 43.4 Å². The molecule has 2 heterocycles. The van der Waals surface area contributed by atoms with Crippen LogP contribution in [-0.4, -0.2) is 91.7 Å². The summed E-state index contributed by atoms with van der Waals surface area (Å²) < 4.78 is 69.3. The number of carbonyl (C=O) groups excluding carboxylic acids is 2. The number of nitrogens with zero attached hydrogens (tertiary/aromatic N) is 3. The van der Waals surface area contributed by atoms with E-state index in [9.17, 15) is 35.5 Å². The molecule has 2 amide bonds. The molecule has 13 nitrogen and oxygen atoms in total. The van der Waals surface area contributed by atoms with E-state index in [-0.39, 0.29) is 36.1 Å². The first-order valence-electron chi connectivity index (χ1n) is 21.7. The van der Waals surface area contributed by atoms with Gasteiger partial charge in [-0.3, -0.25) is 18.7 Å². The van der Waals surface area contributed by atoms with E-state index in [0.29, 0.717) is 49.3 Å². The van der Waals surface area contributed by atoms with Gasteiger partial charge in [0.15, 0.2) is 5.71 Å². The number of anilines is 1. The van der Waals surface area contributed by atoms with Crippen molar-refractivity contribution in [1.29, 1.82) is 0 Å². The van der Waals surface area contributed by atoms with Crippen LogP contribution in [0.25, 0.3) is 0 Å². The van der Waals surface area contributed by atoms with Gasteiger partial charge in [-0.1, -0.05) is 63.6 Å². The van der Waals surface area contributed by atoms with Crippen molar-refractivity contribution in [2.24, 2.45) is 10.4 Å². The quantitative estimate of drug-likeness (QED) is 0.0255. The van der Waals surface area contributed by atoms with Gasteiger partial charge in [-0.25, -0.2) is 4.99 Å². The van der Waals surface area contributed by atoms with Gasteiger partial charge >= 0.3 is 0 Å². The Morgan fingerprint density at radius 3 is 2.30 bits per heavy atom. The number of para-hydroxylation sites is 1. The van der Waals surface area contributed by atoms with Gasteiger partial charge in [0.1, 0.15) is 12.0 Å². The second-order valence-corrected chi connectivity index (χ2v) is 20.7. The van der Waals surface area contributed by atoms with E-state index < -0.39 is 48.6 Å². The third kappa shape index (κ3) is 11.4. The average molecular weight is 921 g/mol. The minimum atomic E-state index is -4.52. The molecule has 16 heteroatoms. The fourth-order valence-electron chi connectivity index (χ4n) is 9.03. The van der Waals surface area contributed by atoms with Crippen molar-refractivity contribution in [2.45, 2.75) is 109 Å². The molecular weight excluding hydrogens is 859 g/mol. The van der Waals surface area contributed by atoms with E-state index in [1.165, 1.54) is 23.4 Å². The molecule has 340 valence electrons. The monoisotopic (exact) mass is 920 g/mol. The number of thiocarbonyl (C=S) groups is 1. The molecule has 0 bridgehead atoms. The summed E-state index contributed by atoms with van der Waals surface area (Å²) in [6.45, 7) is 14.4. The van der Waals surface area contributed by atoms with Crippen LogP contribution in [0.4, 0.5) is 11.4 Å². The zero-order chi connectivity index (χ0) is 46.2. The normalized spacial score (nSPS) is 20.4. The zero-order valence-electron chi connectivity index (χ0n) is 37.2. The minimum absolute atomic E-state index is 0.0785. The molecular formula is C47H62N5O8S3+. The number of carbonyl (C=O) groups is 2. The van der Waals surface area contributed by atoms with Crippen molar-refractivity contribution < 1.29 is 40.1 Å². The highest BCUT2D eigenvalue weighted by Gasteiger charge is 2.49. The van der Waals surface area contributed by atoms with Crippen molar-refractivity contribution in [1.82, 2.24) is 10.6 Å². The minimum Gasteiger partial charge on any atom is -0.355 e. The molecule has 3 aliphatic rings. The van der Waals surface area contributed by atoms with Crippen molar-refractivity contribution in [3.63, 3.8) is 0 Å². The largest absolute Gasteiger partial charge is 0.355 e. The Morgan fingerprint density at radius 1 is 0.889 bits per heavy atom. The summed E-state index contributed by atoms with van der Waals surface area (Å²) in [7, 11) is -8.70. The number of amides is 2. The molecule has 0 saturated carbocycles. The summed E-state index contributed by atoms with van der Waals surface area (Å²) in [5.41, 5.74) is 4.41. The van der Waals surface area contributed by atoms with Crippen LogP contribution >= 0.6 is 12.2 Å². The maximum Gasteiger partial charge on any atom is 0.294 e. The summed E-state index contributed by atoms with van der Waals surface area (Å²) in [6.07, 6.45) is 14.5. The van der Waals surface area contributed by atoms with Crippen LogP contribution in [0.1, 0.15) is 104 Å². The number of rotatable bonds is 20. The van der Waals surface area contributed by atoms with Crippen LogP contribution in [0.15, 0.2) is 99.6 Å². The second kappa shape index (κ2) is 20.5. The Balaban J connectivity index is 1.66. The Morgan fingerprint density at radius 2 is 1.62 bits per heavy atom. The molecule has 0 fully saturated rings.